The van der Waals surface area contributed by atoms with Crippen molar-refractivity contribution < 1.29 is 18.7 Å². The molecule has 0 radical (unpaired) electrons. The van der Waals surface area contributed by atoms with Crippen molar-refractivity contribution in [3.05, 3.63) is 47.2 Å². The molecule has 0 aliphatic heterocycles. The lowest BCUT2D eigenvalue weighted by atomic mass is 9.97. The zero-order valence-corrected chi connectivity index (χ0v) is 16.0. The minimum Gasteiger partial charge on any atom is -0.462 e. The number of ether oxygens (including phenoxy) is 1. The summed E-state index contributed by atoms with van der Waals surface area (Å²) in [6.07, 6.45) is 0.779. The van der Waals surface area contributed by atoms with E-state index in [-0.39, 0.29) is 17.3 Å². The number of hydrogen-bond donors (Lipinski definition) is 1. The van der Waals surface area contributed by atoms with E-state index in [0.29, 0.717) is 36.6 Å². The van der Waals surface area contributed by atoms with Crippen LogP contribution in [0.5, 0.6) is 0 Å². The van der Waals surface area contributed by atoms with Crippen molar-refractivity contribution in [3.8, 4) is 0 Å². The van der Waals surface area contributed by atoms with E-state index in [4.69, 9.17) is 9.15 Å². The third-order valence-corrected chi connectivity index (χ3v) is 3.79. The Labute approximate surface area is 154 Å². The highest BCUT2D eigenvalue weighted by Crippen LogP contribution is 2.24. The standard InChI is InChI=1S/C20H26N2O4/c1-6-25-18(24)14-7-9-15(10-8-14)22-17(23)12-11-16-13(2)21-19(26-16)20(3,4)5/h7-10H,6,11-12H2,1-5H3,(H,22,23). The lowest BCUT2D eigenvalue weighted by Gasteiger charge is -2.12. The van der Waals surface area contributed by atoms with Crippen LogP contribution < -0.4 is 5.32 Å². The molecule has 0 saturated heterocycles. The monoisotopic (exact) mass is 358 g/mol. The molecule has 0 spiro atoms. The summed E-state index contributed by atoms with van der Waals surface area (Å²) in [5.41, 5.74) is 1.75. The molecule has 1 aromatic carbocycles. The van der Waals surface area contributed by atoms with E-state index < -0.39 is 0 Å². The van der Waals surface area contributed by atoms with Crippen LogP contribution in [0.1, 0.15) is 61.8 Å². The number of oxazole rings is 1. The van der Waals surface area contributed by atoms with E-state index in [9.17, 15) is 9.59 Å². The number of nitrogens with zero attached hydrogens (tertiary/aromatic N) is 1. The summed E-state index contributed by atoms with van der Waals surface area (Å²) in [5, 5.41) is 2.81. The third kappa shape index (κ3) is 5.18. The van der Waals surface area contributed by atoms with Gasteiger partial charge in [0.05, 0.1) is 17.9 Å². The summed E-state index contributed by atoms with van der Waals surface area (Å²) in [4.78, 5) is 28.2. The zero-order valence-electron chi connectivity index (χ0n) is 16.0. The Bertz CT molecular complexity index is 770. The average Bonchev–Trinajstić information content (AvgIpc) is 2.95. The molecule has 1 heterocycles. The van der Waals surface area contributed by atoms with Gasteiger partial charge in [-0.1, -0.05) is 20.8 Å². The first-order valence-corrected chi connectivity index (χ1v) is 8.74. The van der Waals surface area contributed by atoms with E-state index in [2.05, 4.69) is 10.3 Å². The van der Waals surface area contributed by atoms with Gasteiger partial charge in [0.2, 0.25) is 5.91 Å². The molecule has 2 aromatic rings. The van der Waals surface area contributed by atoms with E-state index >= 15 is 0 Å². The molecule has 0 aliphatic carbocycles. The highest BCUT2D eigenvalue weighted by Gasteiger charge is 2.22. The fourth-order valence-corrected chi connectivity index (χ4v) is 2.34. The molecule has 0 aliphatic rings. The molecule has 6 heteroatoms. The van der Waals surface area contributed by atoms with Gasteiger partial charge in [-0.05, 0) is 38.1 Å². The minimum absolute atomic E-state index is 0.123. The Balaban J connectivity index is 1.91. The maximum Gasteiger partial charge on any atom is 0.338 e. The molecular weight excluding hydrogens is 332 g/mol. The van der Waals surface area contributed by atoms with E-state index in [0.717, 1.165) is 11.5 Å². The summed E-state index contributed by atoms with van der Waals surface area (Å²) >= 11 is 0. The number of carbonyl (C=O) groups excluding carboxylic acids is 2. The Kier molecular flexibility index (Phi) is 6.18. The molecule has 140 valence electrons. The predicted molar refractivity (Wildman–Crippen MR) is 99.3 cm³/mol. The fourth-order valence-electron chi connectivity index (χ4n) is 2.34. The van der Waals surface area contributed by atoms with Crippen LogP contribution in [0.2, 0.25) is 0 Å². The molecule has 0 unspecified atom stereocenters. The summed E-state index contributed by atoms with van der Waals surface area (Å²) in [6, 6.07) is 6.62. The zero-order chi connectivity index (χ0) is 19.3. The first kappa shape index (κ1) is 19.7. The topological polar surface area (TPSA) is 81.4 Å². The number of benzene rings is 1. The summed E-state index contributed by atoms with van der Waals surface area (Å²) < 4.78 is 10.7. The second kappa shape index (κ2) is 8.17. The van der Waals surface area contributed by atoms with Crippen LogP contribution in [0.25, 0.3) is 0 Å². The van der Waals surface area contributed by atoms with Gasteiger partial charge < -0.3 is 14.5 Å². The molecule has 26 heavy (non-hydrogen) atoms. The van der Waals surface area contributed by atoms with Gasteiger partial charge in [0, 0.05) is 23.9 Å². The van der Waals surface area contributed by atoms with Crippen LogP contribution in [0.15, 0.2) is 28.7 Å². The maximum absolute atomic E-state index is 12.2. The largest absolute Gasteiger partial charge is 0.462 e. The van der Waals surface area contributed by atoms with Crippen molar-refractivity contribution in [1.82, 2.24) is 4.98 Å². The number of anilines is 1. The Morgan fingerprint density at radius 2 is 1.85 bits per heavy atom. The van der Waals surface area contributed by atoms with Crippen molar-refractivity contribution in [2.45, 2.75) is 52.9 Å². The van der Waals surface area contributed by atoms with Crippen molar-refractivity contribution in [2.75, 3.05) is 11.9 Å². The van der Waals surface area contributed by atoms with Gasteiger partial charge in [-0.15, -0.1) is 0 Å². The number of aryl methyl sites for hydroxylation is 2. The van der Waals surface area contributed by atoms with Gasteiger partial charge in [-0.3, -0.25) is 4.79 Å². The molecule has 0 bridgehead atoms. The molecule has 0 fully saturated rings. The second-order valence-electron chi connectivity index (χ2n) is 7.12. The van der Waals surface area contributed by atoms with Gasteiger partial charge >= 0.3 is 5.97 Å². The first-order valence-electron chi connectivity index (χ1n) is 8.74. The minimum atomic E-state index is -0.374. The molecule has 6 nitrogen and oxygen atoms in total. The van der Waals surface area contributed by atoms with Crippen LogP contribution >= 0.6 is 0 Å². The number of aromatic nitrogens is 1. The molecule has 0 atom stereocenters. The number of carbonyl (C=O) groups is 2. The quantitative estimate of drug-likeness (QED) is 0.789. The molecule has 1 aromatic heterocycles. The molecule has 2 rings (SSSR count). The lowest BCUT2D eigenvalue weighted by molar-refractivity contribution is -0.116. The molecular formula is C20H26N2O4. The first-order chi connectivity index (χ1) is 12.2. The summed E-state index contributed by atoms with van der Waals surface area (Å²) in [6.45, 7) is 10.1. The lowest BCUT2D eigenvalue weighted by Crippen LogP contribution is -2.13. The Morgan fingerprint density at radius 3 is 2.38 bits per heavy atom. The van der Waals surface area contributed by atoms with E-state index in [1.807, 2.05) is 27.7 Å². The number of nitrogens with one attached hydrogen (secondary N) is 1. The third-order valence-electron chi connectivity index (χ3n) is 3.79. The number of hydrogen-bond acceptors (Lipinski definition) is 5. The van der Waals surface area contributed by atoms with Crippen LogP contribution in [0, 0.1) is 6.92 Å². The summed E-state index contributed by atoms with van der Waals surface area (Å²) in [7, 11) is 0. The molecule has 1 amide bonds. The van der Waals surface area contributed by atoms with Gasteiger partial charge in [-0.2, -0.15) is 0 Å². The highest BCUT2D eigenvalue weighted by molar-refractivity contribution is 5.93. The van der Waals surface area contributed by atoms with Crippen molar-refractivity contribution in [1.29, 1.82) is 0 Å². The van der Waals surface area contributed by atoms with Crippen molar-refractivity contribution >= 4 is 17.6 Å². The molecule has 1 N–H and O–H groups in total. The Morgan fingerprint density at radius 1 is 1.19 bits per heavy atom. The highest BCUT2D eigenvalue weighted by atomic mass is 16.5. The van der Waals surface area contributed by atoms with Crippen LogP contribution in [-0.4, -0.2) is 23.5 Å². The maximum atomic E-state index is 12.2. The predicted octanol–water partition coefficient (Wildman–Crippen LogP) is 4.03. The summed E-state index contributed by atoms with van der Waals surface area (Å²) in [5.74, 6) is 0.922. The number of rotatable bonds is 6. The van der Waals surface area contributed by atoms with E-state index in [1.54, 1.807) is 31.2 Å². The van der Waals surface area contributed by atoms with Crippen molar-refractivity contribution in [2.24, 2.45) is 0 Å². The normalized spacial score (nSPS) is 11.3. The van der Waals surface area contributed by atoms with E-state index in [1.165, 1.54) is 0 Å². The van der Waals surface area contributed by atoms with Gasteiger partial charge in [0.1, 0.15) is 5.76 Å². The number of amides is 1. The van der Waals surface area contributed by atoms with Gasteiger partial charge in [0.15, 0.2) is 5.89 Å². The number of esters is 1. The SMILES string of the molecule is CCOC(=O)c1ccc(NC(=O)CCc2oc(C(C)(C)C)nc2C)cc1. The average molecular weight is 358 g/mol. The van der Waals surface area contributed by atoms with Gasteiger partial charge in [-0.25, -0.2) is 9.78 Å². The second-order valence-corrected chi connectivity index (χ2v) is 7.12. The Hall–Kier alpha value is -2.63. The van der Waals surface area contributed by atoms with Crippen LogP contribution in [-0.2, 0) is 21.4 Å². The molecule has 0 saturated carbocycles. The van der Waals surface area contributed by atoms with Crippen LogP contribution in [0.4, 0.5) is 5.69 Å². The fraction of sp³-hybridized carbons (Fsp3) is 0.450. The van der Waals surface area contributed by atoms with Crippen molar-refractivity contribution in [3.63, 3.8) is 0 Å². The van der Waals surface area contributed by atoms with Gasteiger partial charge in [0.25, 0.3) is 0 Å². The smallest absolute Gasteiger partial charge is 0.338 e. The van der Waals surface area contributed by atoms with Crippen LogP contribution in [0.3, 0.4) is 0 Å².